The molecule has 0 radical (unpaired) electrons. The predicted octanol–water partition coefficient (Wildman–Crippen LogP) is 4.89. The Hall–Kier alpha value is -3.58. The molecule has 31 heavy (non-hydrogen) atoms. The summed E-state index contributed by atoms with van der Waals surface area (Å²) in [4.78, 5) is 11.0. The fourth-order valence-electron chi connectivity index (χ4n) is 4.01. The Morgan fingerprint density at radius 1 is 0.968 bits per heavy atom. The molecule has 1 N–H and O–H groups in total. The van der Waals surface area contributed by atoms with Crippen LogP contribution in [0.25, 0.3) is 5.82 Å². The van der Waals surface area contributed by atoms with Crippen molar-refractivity contribution in [3.05, 3.63) is 108 Å². The van der Waals surface area contributed by atoms with Crippen LogP contribution in [-0.4, -0.2) is 19.6 Å². The summed E-state index contributed by atoms with van der Waals surface area (Å²) in [6.45, 7) is 2.00. The Kier molecular flexibility index (Phi) is 4.95. The van der Waals surface area contributed by atoms with Gasteiger partial charge in [0.25, 0.3) is 0 Å². The van der Waals surface area contributed by atoms with Gasteiger partial charge < -0.3 is 14.8 Å². The van der Waals surface area contributed by atoms with Gasteiger partial charge in [0.15, 0.2) is 5.11 Å². The van der Waals surface area contributed by atoms with E-state index in [0.29, 0.717) is 10.8 Å². The average Bonchev–Trinajstić information content (AvgIpc) is 3.40. The number of thiocarbonyl (C=S) groups is 1. The normalized spacial score (nSPS) is 18.3. The number of nitrogens with zero attached hydrogens (tertiary/aromatic N) is 4. The second-order valence-electron chi connectivity index (χ2n) is 7.44. The second-order valence-corrected chi connectivity index (χ2v) is 7.83. The largest absolute Gasteiger partial charge is 0.351 e. The highest BCUT2D eigenvalue weighted by Crippen LogP contribution is 2.42. The minimum atomic E-state index is -0.329. The molecular formula is C24H20FN5S. The van der Waals surface area contributed by atoms with E-state index < -0.39 is 0 Å². The summed E-state index contributed by atoms with van der Waals surface area (Å²) >= 11 is 5.68. The van der Waals surface area contributed by atoms with Gasteiger partial charge in [-0.25, -0.2) is 9.37 Å². The van der Waals surface area contributed by atoms with Crippen molar-refractivity contribution in [1.29, 1.82) is 0 Å². The molecule has 1 aliphatic rings. The molecule has 1 aromatic carbocycles. The van der Waals surface area contributed by atoms with Crippen LogP contribution in [0.2, 0.25) is 0 Å². The summed E-state index contributed by atoms with van der Waals surface area (Å²) in [5.41, 5.74) is 3.27. The van der Waals surface area contributed by atoms with Crippen LogP contribution >= 0.6 is 12.2 Å². The van der Waals surface area contributed by atoms with E-state index in [1.54, 1.807) is 18.3 Å². The van der Waals surface area contributed by atoms with Gasteiger partial charge in [-0.3, -0.25) is 4.98 Å². The quantitative estimate of drug-likeness (QED) is 0.468. The minimum Gasteiger partial charge on any atom is -0.351 e. The van der Waals surface area contributed by atoms with Crippen LogP contribution in [0.3, 0.4) is 0 Å². The zero-order chi connectivity index (χ0) is 21.4. The summed E-state index contributed by atoms with van der Waals surface area (Å²) < 4.78 is 16.9. The Labute approximate surface area is 185 Å². The van der Waals surface area contributed by atoms with Gasteiger partial charge in [0.1, 0.15) is 17.7 Å². The number of hydrogen-bond acceptors (Lipinski definition) is 3. The van der Waals surface area contributed by atoms with E-state index in [1.165, 1.54) is 6.07 Å². The maximum atomic E-state index is 14.9. The zero-order valence-electron chi connectivity index (χ0n) is 16.8. The van der Waals surface area contributed by atoms with E-state index >= 15 is 0 Å². The third-order valence-electron chi connectivity index (χ3n) is 5.44. The monoisotopic (exact) mass is 429 g/mol. The van der Waals surface area contributed by atoms with Gasteiger partial charge in [-0.2, -0.15) is 0 Å². The molecule has 0 aliphatic carbocycles. The maximum absolute atomic E-state index is 14.9. The van der Waals surface area contributed by atoms with Crippen molar-refractivity contribution in [3.63, 3.8) is 0 Å². The van der Waals surface area contributed by atoms with Crippen molar-refractivity contribution >= 4 is 23.0 Å². The molecule has 5 rings (SSSR count). The fraction of sp³-hybridized carbons (Fsp3) is 0.125. The van der Waals surface area contributed by atoms with Crippen molar-refractivity contribution in [1.82, 2.24) is 19.9 Å². The summed E-state index contributed by atoms with van der Waals surface area (Å²) in [6, 6.07) is 19.9. The molecule has 0 amide bonds. The lowest BCUT2D eigenvalue weighted by Crippen LogP contribution is -2.31. The number of pyridine rings is 2. The van der Waals surface area contributed by atoms with E-state index in [9.17, 15) is 4.39 Å². The summed E-state index contributed by atoms with van der Waals surface area (Å²) in [5, 5.41) is 3.82. The van der Waals surface area contributed by atoms with Crippen LogP contribution in [-0.2, 0) is 0 Å². The third-order valence-corrected chi connectivity index (χ3v) is 5.75. The van der Waals surface area contributed by atoms with E-state index in [4.69, 9.17) is 12.2 Å². The Bertz CT molecular complexity index is 1220. The lowest BCUT2D eigenvalue weighted by molar-refractivity contribution is 0.541. The molecule has 0 bridgehead atoms. The molecule has 4 aromatic rings. The molecule has 3 aromatic heterocycles. The smallest absolute Gasteiger partial charge is 0.174 e. The van der Waals surface area contributed by atoms with E-state index in [1.807, 2.05) is 77.3 Å². The van der Waals surface area contributed by atoms with Gasteiger partial charge in [-0.15, -0.1) is 0 Å². The first kappa shape index (κ1) is 19.4. The van der Waals surface area contributed by atoms with E-state index in [-0.39, 0.29) is 17.9 Å². The fourth-order valence-corrected chi connectivity index (χ4v) is 4.35. The Morgan fingerprint density at radius 2 is 1.81 bits per heavy atom. The minimum absolute atomic E-state index is 0.257. The molecule has 4 heterocycles. The number of rotatable bonds is 4. The van der Waals surface area contributed by atoms with Crippen molar-refractivity contribution in [2.75, 3.05) is 4.90 Å². The second kappa shape index (κ2) is 7.92. The van der Waals surface area contributed by atoms with Crippen LogP contribution in [0, 0.1) is 12.7 Å². The van der Waals surface area contributed by atoms with Gasteiger partial charge >= 0.3 is 0 Å². The first-order valence-electron chi connectivity index (χ1n) is 9.99. The first-order chi connectivity index (χ1) is 15.1. The Morgan fingerprint density at radius 3 is 2.55 bits per heavy atom. The highest BCUT2D eigenvalue weighted by molar-refractivity contribution is 7.80. The van der Waals surface area contributed by atoms with Crippen molar-refractivity contribution < 1.29 is 4.39 Å². The molecule has 0 spiro atoms. The van der Waals surface area contributed by atoms with Crippen LogP contribution in [0.1, 0.15) is 29.0 Å². The third kappa shape index (κ3) is 3.47. The molecule has 2 atom stereocenters. The van der Waals surface area contributed by atoms with Gasteiger partial charge in [0.05, 0.1) is 17.4 Å². The number of anilines is 1. The van der Waals surface area contributed by atoms with Crippen LogP contribution in [0.5, 0.6) is 0 Å². The number of hydrogen-bond donors (Lipinski definition) is 1. The van der Waals surface area contributed by atoms with Crippen molar-refractivity contribution in [2.45, 2.75) is 19.0 Å². The number of para-hydroxylation sites is 1. The topological polar surface area (TPSA) is 46.0 Å². The van der Waals surface area contributed by atoms with Gasteiger partial charge in [0.2, 0.25) is 0 Å². The standard InChI is InChI=1S/C24H20FN5S/c1-16-11-12-21(27-15-16)29-14-6-10-20(29)23-22(18-8-4-5-13-26-18)28-24(31)30(23)19-9-3-2-7-17(19)25/h2-15,22-23H,1H3,(H,28,31)/t22-,23+/m1/s1. The molecule has 7 heteroatoms. The molecule has 0 unspecified atom stereocenters. The van der Waals surface area contributed by atoms with Crippen molar-refractivity contribution in [2.24, 2.45) is 0 Å². The predicted molar refractivity (Wildman–Crippen MR) is 123 cm³/mol. The van der Waals surface area contributed by atoms with Crippen LogP contribution < -0.4 is 10.2 Å². The zero-order valence-corrected chi connectivity index (χ0v) is 17.6. The lowest BCUT2D eigenvalue weighted by Gasteiger charge is -2.29. The molecule has 0 saturated carbocycles. The molecular weight excluding hydrogens is 409 g/mol. The molecule has 1 fully saturated rings. The molecule has 154 valence electrons. The maximum Gasteiger partial charge on any atom is 0.174 e. The summed E-state index contributed by atoms with van der Waals surface area (Å²) in [6.07, 6.45) is 5.55. The Balaban J connectivity index is 1.68. The average molecular weight is 430 g/mol. The highest BCUT2D eigenvalue weighted by atomic mass is 32.1. The van der Waals surface area contributed by atoms with Gasteiger partial charge in [-0.05, 0) is 67.2 Å². The lowest BCUT2D eigenvalue weighted by atomic mass is 10.0. The van der Waals surface area contributed by atoms with Gasteiger partial charge in [0, 0.05) is 24.3 Å². The summed E-state index contributed by atoms with van der Waals surface area (Å²) in [5.74, 6) is 0.460. The van der Waals surface area contributed by atoms with Crippen molar-refractivity contribution in [3.8, 4) is 5.82 Å². The van der Waals surface area contributed by atoms with Crippen LogP contribution in [0.15, 0.2) is 85.3 Å². The molecule has 1 aliphatic heterocycles. The molecule has 1 saturated heterocycles. The SMILES string of the molecule is Cc1ccc(-n2cccc2[C@H]2[C@@H](c3ccccn3)NC(=S)N2c2ccccc2F)nc1. The van der Waals surface area contributed by atoms with Gasteiger partial charge in [-0.1, -0.05) is 24.3 Å². The first-order valence-corrected chi connectivity index (χ1v) is 10.4. The highest BCUT2D eigenvalue weighted by Gasteiger charge is 2.43. The summed E-state index contributed by atoms with van der Waals surface area (Å²) in [7, 11) is 0. The number of halogens is 1. The van der Waals surface area contributed by atoms with Crippen LogP contribution in [0.4, 0.5) is 10.1 Å². The van der Waals surface area contributed by atoms with E-state index in [2.05, 4.69) is 15.3 Å². The number of benzene rings is 1. The number of nitrogens with one attached hydrogen (secondary N) is 1. The number of aromatic nitrogens is 3. The van der Waals surface area contributed by atoms with E-state index in [0.717, 1.165) is 22.8 Å². The molecule has 5 nitrogen and oxygen atoms in total. The number of aryl methyl sites for hydroxylation is 1.